The molecule has 0 spiro atoms. The summed E-state index contributed by atoms with van der Waals surface area (Å²) in [5.41, 5.74) is 5.60. The van der Waals surface area contributed by atoms with Crippen molar-refractivity contribution in [1.82, 2.24) is 5.32 Å². The first-order chi connectivity index (χ1) is 12.1. The van der Waals surface area contributed by atoms with E-state index in [0.717, 1.165) is 13.0 Å². The Morgan fingerprint density at radius 1 is 0.920 bits per heavy atom. The van der Waals surface area contributed by atoms with Crippen molar-refractivity contribution < 1.29 is 0 Å². The first-order valence-corrected chi connectivity index (χ1v) is 10.2. The number of fused-ring (bicyclic) bond motifs is 1. The molecule has 1 aromatic heterocycles. The Morgan fingerprint density at radius 2 is 1.60 bits per heavy atom. The summed E-state index contributed by atoms with van der Waals surface area (Å²) < 4.78 is 1.42. The monoisotopic (exact) mass is 351 g/mol. The molecule has 3 rings (SSSR count). The molecular weight excluding hydrogens is 322 g/mol. The maximum absolute atomic E-state index is 3.64. The molecule has 0 radical (unpaired) electrons. The number of benzene rings is 2. The number of thiophene rings is 1. The van der Waals surface area contributed by atoms with Gasteiger partial charge in [0.15, 0.2) is 0 Å². The number of hydrogen-bond acceptors (Lipinski definition) is 2. The molecule has 0 fully saturated rings. The molecule has 2 heteroatoms. The van der Waals surface area contributed by atoms with E-state index in [-0.39, 0.29) is 0 Å². The fraction of sp³-hybridized carbons (Fsp3) is 0.391. The lowest BCUT2D eigenvalue weighted by molar-refractivity contribution is 0.484. The Kier molecular flexibility index (Phi) is 5.93. The minimum absolute atomic E-state index is 0.628. The largest absolute Gasteiger partial charge is 0.310 e. The molecule has 0 saturated carbocycles. The lowest BCUT2D eigenvalue weighted by Crippen LogP contribution is -2.26. The van der Waals surface area contributed by atoms with Gasteiger partial charge in [-0.15, -0.1) is 11.3 Å². The third-order valence-electron chi connectivity index (χ3n) is 5.13. The summed E-state index contributed by atoms with van der Waals surface area (Å²) in [6.45, 7) is 9.89. The van der Waals surface area contributed by atoms with Gasteiger partial charge in [0, 0.05) is 22.2 Å². The zero-order chi connectivity index (χ0) is 17.8. The van der Waals surface area contributed by atoms with Gasteiger partial charge in [-0.2, -0.15) is 0 Å². The van der Waals surface area contributed by atoms with Gasteiger partial charge < -0.3 is 5.32 Å². The highest BCUT2D eigenvalue weighted by molar-refractivity contribution is 7.19. The number of aryl methyl sites for hydroxylation is 2. The SMILES string of the molecule is CCC(CC)NCc1ccc(Cc2c(C)sc3cc(C)ccc23)cc1. The van der Waals surface area contributed by atoms with E-state index in [9.17, 15) is 0 Å². The van der Waals surface area contributed by atoms with E-state index in [1.165, 1.54) is 50.1 Å². The first-order valence-electron chi connectivity index (χ1n) is 9.40. The molecule has 0 saturated heterocycles. The van der Waals surface area contributed by atoms with Crippen LogP contribution in [-0.4, -0.2) is 6.04 Å². The summed E-state index contributed by atoms with van der Waals surface area (Å²) in [5, 5.41) is 5.06. The average molecular weight is 352 g/mol. The molecule has 0 aliphatic rings. The molecule has 25 heavy (non-hydrogen) atoms. The van der Waals surface area contributed by atoms with E-state index in [0.29, 0.717) is 6.04 Å². The number of rotatable bonds is 7. The Bertz CT molecular complexity index is 825. The lowest BCUT2D eigenvalue weighted by atomic mass is 10.0. The molecule has 0 bridgehead atoms. The fourth-order valence-corrected chi connectivity index (χ4v) is 4.60. The highest BCUT2D eigenvalue weighted by atomic mass is 32.1. The molecule has 1 nitrogen and oxygen atoms in total. The molecule has 0 amide bonds. The molecule has 2 aromatic carbocycles. The Balaban J connectivity index is 1.72. The van der Waals surface area contributed by atoms with Crippen LogP contribution in [0.3, 0.4) is 0 Å². The second-order valence-corrected chi connectivity index (χ2v) is 8.28. The first kappa shape index (κ1) is 18.2. The van der Waals surface area contributed by atoms with E-state index in [2.05, 4.69) is 75.5 Å². The van der Waals surface area contributed by atoms with Crippen LogP contribution in [0.5, 0.6) is 0 Å². The maximum atomic E-state index is 3.64. The van der Waals surface area contributed by atoms with Gasteiger partial charge in [-0.1, -0.05) is 50.2 Å². The van der Waals surface area contributed by atoms with Gasteiger partial charge in [0.25, 0.3) is 0 Å². The lowest BCUT2D eigenvalue weighted by Gasteiger charge is -2.14. The van der Waals surface area contributed by atoms with Gasteiger partial charge in [-0.05, 0) is 66.8 Å². The summed E-state index contributed by atoms with van der Waals surface area (Å²) in [7, 11) is 0. The standard InChI is InChI=1S/C23H29NS/c1-5-20(6-2)24-15-19-10-8-18(9-11-19)14-22-17(4)25-23-13-16(3)7-12-21(22)23/h7-13,20,24H,5-6,14-15H2,1-4H3. The van der Waals surface area contributed by atoms with Gasteiger partial charge in [0.1, 0.15) is 0 Å². The minimum Gasteiger partial charge on any atom is -0.310 e. The van der Waals surface area contributed by atoms with Crippen LogP contribution in [0.2, 0.25) is 0 Å². The van der Waals surface area contributed by atoms with Crippen LogP contribution in [0.4, 0.5) is 0 Å². The molecule has 0 aliphatic carbocycles. The molecule has 0 unspecified atom stereocenters. The molecule has 0 atom stereocenters. The second kappa shape index (κ2) is 8.16. The minimum atomic E-state index is 0.628. The summed E-state index contributed by atoms with van der Waals surface area (Å²) in [6, 6.07) is 16.6. The van der Waals surface area contributed by atoms with Gasteiger partial charge in [0.05, 0.1) is 0 Å². The van der Waals surface area contributed by atoms with Crippen LogP contribution in [-0.2, 0) is 13.0 Å². The summed E-state index contributed by atoms with van der Waals surface area (Å²) in [4.78, 5) is 1.44. The number of nitrogens with one attached hydrogen (secondary N) is 1. The van der Waals surface area contributed by atoms with Crippen LogP contribution in [0, 0.1) is 13.8 Å². The summed E-state index contributed by atoms with van der Waals surface area (Å²) in [6.07, 6.45) is 3.41. The van der Waals surface area contributed by atoms with Crippen molar-refractivity contribution in [3.8, 4) is 0 Å². The quantitative estimate of drug-likeness (QED) is 0.520. The Labute approximate surface area is 156 Å². The van der Waals surface area contributed by atoms with Crippen molar-refractivity contribution >= 4 is 21.4 Å². The molecule has 1 N–H and O–H groups in total. The predicted molar refractivity (Wildman–Crippen MR) is 112 cm³/mol. The molecule has 132 valence electrons. The third kappa shape index (κ3) is 4.31. The van der Waals surface area contributed by atoms with Crippen LogP contribution < -0.4 is 5.32 Å². The van der Waals surface area contributed by atoms with Crippen LogP contribution in [0.15, 0.2) is 42.5 Å². The molecule has 0 aliphatic heterocycles. The van der Waals surface area contributed by atoms with E-state index in [4.69, 9.17) is 0 Å². The normalized spacial score (nSPS) is 11.6. The van der Waals surface area contributed by atoms with E-state index < -0.39 is 0 Å². The predicted octanol–water partition coefficient (Wildman–Crippen LogP) is 6.39. The molecule has 1 heterocycles. The average Bonchev–Trinajstić information content (AvgIpc) is 2.92. The topological polar surface area (TPSA) is 12.0 Å². The van der Waals surface area contributed by atoms with Crippen molar-refractivity contribution in [2.45, 2.75) is 59.5 Å². The van der Waals surface area contributed by atoms with Crippen LogP contribution >= 0.6 is 11.3 Å². The summed E-state index contributed by atoms with van der Waals surface area (Å²) >= 11 is 1.92. The highest BCUT2D eigenvalue weighted by Crippen LogP contribution is 2.33. The zero-order valence-corrected chi connectivity index (χ0v) is 16.7. The van der Waals surface area contributed by atoms with Crippen molar-refractivity contribution in [3.05, 3.63) is 69.6 Å². The molecule has 3 aromatic rings. The summed E-state index contributed by atoms with van der Waals surface area (Å²) in [5.74, 6) is 0. The van der Waals surface area contributed by atoms with Gasteiger partial charge >= 0.3 is 0 Å². The molecular formula is C23H29NS. The van der Waals surface area contributed by atoms with E-state index in [1.807, 2.05) is 11.3 Å². The Hall–Kier alpha value is -1.64. The van der Waals surface area contributed by atoms with Gasteiger partial charge in [-0.3, -0.25) is 0 Å². The van der Waals surface area contributed by atoms with E-state index >= 15 is 0 Å². The fourth-order valence-electron chi connectivity index (χ4n) is 3.42. The van der Waals surface area contributed by atoms with Crippen LogP contribution in [0.1, 0.15) is 53.8 Å². The van der Waals surface area contributed by atoms with Crippen molar-refractivity contribution in [2.75, 3.05) is 0 Å². The van der Waals surface area contributed by atoms with Gasteiger partial charge in [0.2, 0.25) is 0 Å². The van der Waals surface area contributed by atoms with E-state index in [1.54, 1.807) is 0 Å². The van der Waals surface area contributed by atoms with Crippen molar-refractivity contribution in [2.24, 2.45) is 0 Å². The zero-order valence-electron chi connectivity index (χ0n) is 15.9. The smallest absolute Gasteiger partial charge is 0.0351 e. The second-order valence-electron chi connectivity index (χ2n) is 7.02. The van der Waals surface area contributed by atoms with Gasteiger partial charge in [-0.25, -0.2) is 0 Å². The Morgan fingerprint density at radius 3 is 2.28 bits per heavy atom. The van der Waals surface area contributed by atoms with Crippen molar-refractivity contribution in [3.63, 3.8) is 0 Å². The number of hydrogen-bond donors (Lipinski definition) is 1. The maximum Gasteiger partial charge on any atom is 0.0351 e. The van der Waals surface area contributed by atoms with Crippen molar-refractivity contribution in [1.29, 1.82) is 0 Å². The highest BCUT2D eigenvalue weighted by Gasteiger charge is 2.10. The van der Waals surface area contributed by atoms with Crippen LogP contribution in [0.25, 0.3) is 10.1 Å². The third-order valence-corrected chi connectivity index (χ3v) is 6.24.